The molecule has 2 aliphatic heterocycles. The maximum atomic E-state index is 12.8. The number of amides is 2. The number of aromatic nitrogens is 2. The van der Waals surface area contributed by atoms with Gasteiger partial charge in [0.15, 0.2) is 11.5 Å². The molecule has 148 valence electrons. The minimum Gasteiger partial charge on any atom is -0.454 e. The number of carbonyl (C=O) groups excluding carboxylic acids is 2. The maximum absolute atomic E-state index is 12.8. The highest BCUT2D eigenvalue weighted by molar-refractivity contribution is 5.98. The fourth-order valence-electron chi connectivity index (χ4n) is 3.67. The zero-order valence-electron chi connectivity index (χ0n) is 15.4. The first-order valence-corrected chi connectivity index (χ1v) is 9.29. The van der Waals surface area contributed by atoms with E-state index >= 15 is 0 Å². The molecular formula is C20H18N4O5. The molecule has 3 aromatic rings. The first-order chi connectivity index (χ1) is 14.1. The summed E-state index contributed by atoms with van der Waals surface area (Å²) in [5.74, 6) is 0.992. The zero-order chi connectivity index (χ0) is 20.0. The molecular weight excluding hydrogens is 376 g/mol. The average molecular weight is 394 g/mol. The van der Waals surface area contributed by atoms with Crippen LogP contribution in [0.3, 0.4) is 0 Å². The Bertz CT molecular complexity index is 1170. The van der Waals surface area contributed by atoms with Crippen molar-refractivity contribution in [2.24, 2.45) is 0 Å². The lowest BCUT2D eigenvalue weighted by molar-refractivity contribution is 0.0535. The molecule has 1 aromatic heterocycles. The lowest BCUT2D eigenvalue weighted by Gasteiger charge is -2.35. The van der Waals surface area contributed by atoms with Crippen molar-refractivity contribution in [2.75, 3.05) is 33.0 Å². The Balaban J connectivity index is 1.26. The van der Waals surface area contributed by atoms with Gasteiger partial charge in [-0.25, -0.2) is 4.79 Å². The highest BCUT2D eigenvalue weighted by Crippen LogP contribution is 2.32. The fourth-order valence-corrected chi connectivity index (χ4v) is 3.67. The van der Waals surface area contributed by atoms with Gasteiger partial charge in [-0.3, -0.25) is 9.59 Å². The number of carbonyl (C=O) groups is 2. The van der Waals surface area contributed by atoms with Crippen molar-refractivity contribution in [3.63, 3.8) is 0 Å². The zero-order valence-corrected chi connectivity index (χ0v) is 15.4. The molecule has 1 saturated heterocycles. The summed E-state index contributed by atoms with van der Waals surface area (Å²) in [6.45, 7) is 1.94. The minimum absolute atomic E-state index is 0.0956. The molecule has 3 heterocycles. The average Bonchev–Trinajstić information content (AvgIpc) is 3.36. The topological polar surface area (TPSA) is 108 Å². The van der Waals surface area contributed by atoms with Gasteiger partial charge in [-0.1, -0.05) is 0 Å². The molecule has 2 aliphatic rings. The van der Waals surface area contributed by atoms with Crippen molar-refractivity contribution in [2.45, 2.75) is 0 Å². The van der Waals surface area contributed by atoms with Crippen molar-refractivity contribution in [1.82, 2.24) is 19.8 Å². The molecule has 0 saturated carbocycles. The number of benzene rings is 2. The standard InChI is InChI=1S/C20H18N4O5/c25-18(12-1-3-14-15(9-12)22-20(27)21-14)23-5-7-24(8-6-23)19(26)13-2-4-16-17(10-13)29-11-28-16/h1-4,9-10H,5-8,11H2,(H2,21,22,27). The number of aromatic amines is 2. The summed E-state index contributed by atoms with van der Waals surface area (Å²) in [7, 11) is 0. The summed E-state index contributed by atoms with van der Waals surface area (Å²) >= 11 is 0. The summed E-state index contributed by atoms with van der Waals surface area (Å²) < 4.78 is 10.6. The van der Waals surface area contributed by atoms with Gasteiger partial charge in [0.05, 0.1) is 11.0 Å². The van der Waals surface area contributed by atoms with Crippen molar-refractivity contribution < 1.29 is 19.1 Å². The van der Waals surface area contributed by atoms with E-state index in [-0.39, 0.29) is 24.3 Å². The maximum Gasteiger partial charge on any atom is 0.323 e. The quantitative estimate of drug-likeness (QED) is 0.679. The number of nitrogens with one attached hydrogen (secondary N) is 2. The highest BCUT2D eigenvalue weighted by atomic mass is 16.7. The second-order valence-corrected chi connectivity index (χ2v) is 6.99. The van der Waals surface area contributed by atoms with E-state index in [0.29, 0.717) is 59.8 Å². The second kappa shape index (κ2) is 6.69. The predicted molar refractivity (Wildman–Crippen MR) is 103 cm³/mol. The number of H-pyrrole nitrogens is 2. The summed E-state index contributed by atoms with van der Waals surface area (Å²) in [5, 5.41) is 0. The minimum atomic E-state index is -0.305. The summed E-state index contributed by atoms with van der Waals surface area (Å²) in [4.78, 5) is 45.8. The van der Waals surface area contributed by atoms with Crippen LogP contribution in [0.15, 0.2) is 41.2 Å². The number of fused-ring (bicyclic) bond motifs is 2. The van der Waals surface area contributed by atoms with Crippen LogP contribution >= 0.6 is 0 Å². The summed E-state index contributed by atoms with van der Waals surface area (Å²) in [5.41, 5.74) is 1.99. The number of piperazine rings is 1. The molecule has 2 N–H and O–H groups in total. The van der Waals surface area contributed by atoms with Crippen molar-refractivity contribution >= 4 is 22.8 Å². The van der Waals surface area contributed by atoms with Gasteiger partial charge in [0.25, 0.3) is 11.8 Å². The summed E-state index contributed by atoms with van der Waals surface area (Å²) in [6.07, 6.45) is 0. The molecule has 0 aliphatic carbocycles. The van der Waals surface area contributed by atoms with Crippen molar-refractivity contribution in [3.05, 3.63) is 58.0 Å². The van der Waals surface area contributed by atoms with E-state index in [4.69, 9.17) is 9.47 Å². The molecule has 0 atom stereocenters. The third-order valence-corrected chi connectivity index (χ3v) is 5.24. The van der Waals surface area contributed by atoms with Crippen molar-refractivity contribution in [1.29, 1.82) is 0 Å². The van der Waals surface area contributed by atoms with Crippen molar-refractivity contribution in [3.8, 4) is 11.5 Å². The van der Waals surface area contributed by atoms with Gasteiger partial charge < -0.3 is 29.2 Å². The Morgan fingerprint density at radius 2 is 1.34 bits per heavy atom. The van der Waals surface area contributed by atoms with Crippen LogP contribution in [0.5, 0.6) is 11.5 Å². The first kappa shape index (κ1) is 17.4. The van der Waals surface area contributed by atoms with E-state index in [1.165, 1.54) is 0 Å². The van der Waals surface area contributed by atoms with Gasteiger partial charge in [-0.2, -0.15) is 0 Å². The molecule has 0 spiro atoms. The van der Waals surface area contributed by atoms with Crippen LogP contribution < -0.4 is 15.2 Å². The monoisotopic (exact) mass is 394 g/mol. The molecule has 2 aromatic carbocycles. The molecule has 2 amide bonds. The largest absolute Gasteiger partial charge is 0.454 e. The molecule has 0 radical (unpaired) electrons. The molecule has 0 unspecified atom stereocenters. The van der Waals surface area contributed by atoms with E-state index in [9.17, 15) is 14.4 Å². The Hall–Kier alpha value is -3.75. The molecule has 1 fully saturated rings. The third kappa shape index (κ3) is 3.10. The molecule has 29 heavy (non-hydrogen) atoms. The molecule has 5 rings (SSSR count). The number of hydrogen-bond acceptors (Lipinski definition) is 5. The second-order valence-electron chi connectivity index (χ2n) is 6.99. The predicted octanol–water partition coefficient (Wildman–Crippen LogP) is 1.18. The smallest absolute Gasteiger partial charge is 0.323 e. The Morgan fingerprint density at radius 3 is 2.07 bits per heavy atom. The van der Waals surface area contributed by atoms with Crippen LogP contribution in [0, 0.1) is 0 Å². The molecule has 9 nitrogen and oxygen atoms in total. The number of rotatable bonds is 2. The number of hydrogen-bond donors (Lipinski definition) is 2. The molecule has 0 bridgehead atoms. The van der Waals surface area contributed by atoms with Gasteiger partial charge in [-0.05, 0) is 36.4 Å². The van der Waals surface area contributed by atoms with Crippen LogP contribution in [0.1, 0.15) is 20.7 Å². The van der Waals surface area contributed by atoms with Gasteiger partial charge in [-0.15, -0.1) is 0 Å². The third-order valence-electron chi connectivity index (χ3n) is 5.24. The number of ether oxygens (including phenoxy) is 2. The Labute approximate surface area is 164 Å². The van der Waals surface area contributed by atoms with E-state index in [1.54, 1.807) is 46.2 Å². The van der Waals surface area contributed by atoms with Gasteiger partial charge in [0, 0.05) is 37.3 Å². The lowest BCUT2D eigenvalue weighted by Crippen LogP contribution is -2.50. The van der Waals surface area contributed by atoms with Crippen LogP contribution in [-0.2, 0) is 0 Å². The first-order valence-electron chi connectivity index (χ1n) is 9.29. The Kier molecular flexibility index (Phi) is 4.01. The van der Waals surface area contributed by atoms with Gasteiger partial charge >= 0.3 is 5.69 Å². The van der Waals surface area contributed by atoms with Crippen LogP contribution in [0.4, 0.5) is 0 Å². The number of imidazole rings is 1. The highest BCUT2D eigenvalue weighted by Gasteiger charge is 2.27. The normalized spacial score (nSPS) is 15.7. The Morgan fingerprint density at radius 1 is 0.759 bits per heavy atom. The van der Waals surface area contributed by atoms with Gasteiger partial charge in [0.1, 0.15) is 0 Å². The number of nitrogens with zero attached hydrogens (tertiary/aromatic N) is 2. The molecule has 9 heteroatoms. The van der Waals surface area contributed by atoms with Crippen LogP contribution in [0.25, 0.3) is 11.0 Å². The van der Waals surface area contributed by atoms with Gasteiger partial charge in [0.2, 0.25) is 6.79 Å². The van der Waals surface area contributed by atoms with E-state index < -0.39 is 0 Å². The van der Waals surface area contributed by atoms with E-state index in [2.05, 4.69) is 9.97 Å². The van der Waals surface area contributed by atoms with E-state index in [0.717, 1.165) is 0 Å². The lowest BCUT2D eigenvalue weighted by atomic mass is 10.1. The fraction of sp³-hybridized carbons (Fsp3) is 0.250. The van der Waals surface area contributed by atoms with Crippen LogP contribution in [0.2, 0.25) is 0 Å². The SMILES string of the molecule is O=C(c1ccc2c(c1)OCO2)N1CCN(C(=O)c2ccc3[nH]c(=O)[nH]c3c2)CC1. The van der Waals surface area contributed by atoms with Crippen LogP contribution in [-0.4, -0.2) is 64.6 Å². The van der Waals surface area contributed by atoms with E-state index in [1.807, 2.05) is 0 Å². The summed E-state index contributed by atoms with van der Waals surface area (Å²) in [6, 6.07) is 10.2.